The largest absolute Gasteiger partial charge is 0.100 e. The van der Waals surface area contributed by atoms with Crippen molar-refractivity contribution in [3.8, 4) is 0 Å². The summed E-state index contributed by atoms with van der Waals surface area (Å²) in [6, 6.07) is 0. The first kappa shape index (κ1) is 21.1. The topological polar surface area (TPSA) is 0 Å². The second kappa shape index (κ2) is 12.8. The van der Waals surface area contributed by atoms with Crippen LogP contribution >= 0.6 is 0 Å². The molecule has 0 amide bonds. The summed E-state index contributed by atoms with van der Waals surface area (Å²) in [5.41, 5.74) is 1.76. The Balaban J connectivity index is -0.000000179. The van der Waals surface area contributed by atoms with Crippen LogP contribution in [0.25, 0.3) is 0 Å². The van der Waals surface area contributed by atoms with E-state index in [2.05, 4.69) is 55.0 Å². The van der Waals surface area contributed by atoms with Gasteiger partial charge in [0.1, 0.15) is 0 Å². The van der Waals surface area contributed by atoms with Crippen molar-refractivity contribution in [2.75, 3.05) is 0 Å². The Morgan fingerprint density at radius 3 is 1.38 bits per heavy atom. The van der Waals surface area contributed by atoms with E-state index in [1.54, 1.807) is 0 Å². The van der Waals surface area contributed by atoms with Crippen molar-refractivity contribution in [2.24, 2.45) is 11.3 Å². The lowest BCUT2D eigenvalue weighted by Crippen LogP contribution is -2.07. The van der Waals surface area contributed by atoms with E-state index in [1.807, 2.05) is 13.8 Å². The van der Waals surface area contributed by atoms with Crippen LogP contribution in [-0.4, -0.2) is 0 Å². The van der Waals surface area contributed by atoms with E-state index in [1.165, 1.54) is 24.8 Å². The van der Waals surface area contributed by atoms with Crippen molar-refractivity contribution in [2.45, 2.75) is 81.6 Å². The Morgan fingerprint density at radius 1 is 1.06 bits per heavy atom. The summed E-state index contributed by atoms with van der Waals surface area (Å²) in [6.07, 6.45) is 3.99. The molecule has 0 aliphatic heterocycles. The van der Waals surface area contributed by atoms with Crippen LogP contribution in [0.4, 0.5) is 0 Å². The Labute approximate surface area is 106 Å². The number of hydrogen-bond donors (Lipinski definition) is 0. The maximum atomic E-state index is 3.56. The van der Waals surface area contributed by atoms with Gasteiger partial charge in [-0.25, -0.2) is 0 Å². The molecule has 0 aromatic heterocycles. The van der Waals surface area contributed by atoms with Crippen molar-refractivity contribution in [1.82, 2.24) is 0 Å². The van der Waals surface area contributed by atoms with Gasteiger partial charge in [0.25, 0.3) is 0 Å². The lowest BCUT2D eigenvalue weighted by Gasteiger charge is -2.20. The van der Waals surface area contributed by atoms with Crippen LogP contribution in [-0.2, 0) is 0 Å². The van der Waals surface area contributed by atoms with Gasteiger partial charge in [0.15, 0.2) is 0 Å². The van der Waals surface area contributed by atoms with Crippen LogP contribution in [0.1, 0.15) is 81.6 Å². The predicted molar refractivity (Wildman–Crippen MR) is 80.0 cm³/mol. The minimum absolute atomic E-state index is 0.592. The van der Waals surface area contributed by atoms with Gasteiger partial charge in [-0.1, -0.05) is 66.9 Å². The molecule has 0 aliphatic rings. The van der Waals surface area contributed by atoms with E-state index >= 15 is 0 Å². The lowest BCUT2D eigenvalue weighted by molar-refractivity contribution is 0.319. The lowest BCUT2D eigenvalue weighted by atomic mass is 9.86. The van der Waals surface area contributed by atoms with Crippen molar-refractivity contribution < 1.29 is 0 Å². The quantitative estimate of drug-likeness (QED) is 0.486. The molecule has 0 aromatic carbocycles. The number of hydrogen-bond acceptors (Lipinski definition) is 0. The normalized spacial score (nSPS) is 9.88. The molecule has 16 heavy (non-hydrogen) atoms. The molecule has 0 spiro atoms. The van der Waals surface area contributed by atoms with Gasteiger partial charge in [0.05, 0.1) is 0 Å². The molecule has 0 heterocycles. The van der Waals surface area contributed by atoms with Crippen LogP contribution < -0.4 is 0 Å². The summed E-state index contributed by atoms with van der Waals surface area (Å²) in [5.74, 6) is 0.833. The van der Waals surface area contributed by atoms with Crippen LogP contribution in [0, 0.1) is 11.3 Å². The van der Waals surface area contributed by atoms with E-state index in [9.17, 15) is 0 Å². The standard InChI is InChI=1S/C8H18.C4H10.C4H8/c1-5-7-8(3,4)6-2;2*1-4(2)3/h5-7H2,1-4H3;4H,1-3H3;1H2,2-3H3. The second-order valence-electron chi connectivity index (χ2n) is 6.21. The average molecular weight is 228 g/mol. The molecule has 0 saturated carbocycles. The molecule has 0 fully saturated rings. The molecule has 0 heteroatoms. The van der Waals surface area contributed by atoms with Crippen molar-refractivity contribution in [3.63, 3.8) is 0 Å². The van der Waals surface area contributed by atoms with Gasteiger partial charge in [0, 0.05) is 0 Å². The average Bonchev–Trinajstić information content (AvgIpc) is 2.02. The van der Waals surface area contributed by atoms with Crippen molar-refractivity contribution >= 4 is 0 Å². The predicted octanol–water partition coefficient (Wildman–Crippen LogP) is 6.47. The summed E-state index contributed by atoms with van der Waals surface area (Å²) in [4.78, 5) is 0. The molecule has 0 aromatic rings. The third-order valence-electron chi connectivity index (χ3n) is 1.88. The molecular weight excluding hydrogens is 192 g/mol. The maximum absolute atomic E-state index is 3.56. The second-order valence-corrected chi connectivity index (χ2v) is 6.21. The fraction of sp³-hybridized carbons (Fsp3) is 0.875. The third kappa shape index (κ3) is 49.1. The van der Waals surface area contributed by atoms with Gasteiger partial charge >= 0.3 is 0 Å². The zero-order valence-corrected chi connectivity index (χ0v) is 13.4. The summed E-state index contributed by atoms with van der Waals surface area (Å²) in [6.45, 7) is 23.2. The van der Waals surface area contributed by atoms with Crippen LogP contribution in [0.15, 0.2) is 12.2 Å². The minimum atomic E-state index is 0.592. The Hall–Kier alpha value is -0.260. The molecule has 0 atom stereocenters. The van der Waals surface area contributed by atoms with E-state index < -0.39 is 0 Å². The van der Waals surface area contributed by atoms with Crippen LogP contribution in [0.5, 0.6) is 0 Å². The molecule has 0 rings (SSSR count). The molecular formula is C16H36. The molecule has 0 N–H and O–H groups in total. The summed E-state index contributed by atoms with van der Waals surface area (Å²) >= 11 is 0. The molecule has 0 nitrogen and oxygen atoms in total. The van der Waals surface area contributed by atoms with Crippen LogP contribution in [0.2, 0.25) is 0 Å². The van der Waals surface area contributed by atoms with Gasteiger partial charge in [-0.2, -0.15) is 0 Å². The van der Waals surface area contributed by atoms with Gasteiger partial charge in [0.2, 0.25) is 0 Å². The van der Waals surface area contributed by atoms with Gasteiger partial charge in [-0.15, -0.1) is 6.58 Å². The zero-order chi connectivity index (χ0) is 13.8. The van der Waals surface area contributed by atoms with E-state index in [0.29, 0.717) is 5.41 Å². The van der Waals surface area contributed by atoms with Crippen molar-refractivity contribution in [1.29, 1.82) is 0 Å². The monoisotopic (exact) mass is 228 g/mol. The van der Waals surface area contributed by atoms with E-state index in [4.69, 9.17) is 0 Å². The highest BCUT2D eigenvalue weighted by Crippen LogP contribution is 2.25. The SMILES string of the molecule is C=C(C)C.CC(C)C.CCCC(C)(C)CC. The highest BCUT2D eigenvalue weighted by atomic mass is 14.2. The fourth-order valence-electron chi connectivity index (χ4n) is 0.854. The Bertz CT molecular complexity index is 133. The van der Waals surface area contributed by atoms with Crippen molar-refractivity contribution in [3.05, 3.63) is 12.2 Å². The maximum Gasteiger partial charge on any atom is -0.0357 e. The first-order valence-electron chi connectivity index (χ1n) is 6.71. The van der Waals surface area contributed by atoms with Gasteiger partial charge in [-0.3, -0.25) is 0 Å². The number of allylic oxidation sites excluding steroid dienone is 1. The van der Waals surface area contributed by atoms with Gasteiger partial charge < -0.3 is 0 Å². The Morgan fingerprint density at radius 2 is 1.31 bits per heavy atom. The summed E-state index contributed by atoms with van der Waals surface area (Å²) < 4.78 is 0. The number of rotatable bonds is 3. The molecule has 0 bridgehead atoms. The molecule has 0 aliphatic carbocycles. The first-order chi connectivity index (χ1) is 7.09. The van der Waals surface area contributed by atoms with E-state index in [0.717, 1.165) is 5.92 Å². The van der Waals surface area contributed by atoms with Crippen LogP contribution in [0.3, 0.4) is 0 Å². The molecule has 0 radical (unpaired) electrons. The minimum Gasteiger partial charge on any atom is -0.100 e. The smallest absolute Gasteiger partial charge is 0.0357 e. The van der Waals surface area contributed by atoms with E-state index in [-0.39, 0.29) is 0 Å². The fourth-order valence-corrected chi connectivity index (χ4v) is 0.854. The Kier molecular flexibility index (Phi) is 16.9. The molecule has 0 saturated heterocycles. The molecule has 100 valence electrons. The summed E-state index contributed by atoms with van der Waals surface area (Å²) in [5, 5.41) is 0. The zero-order valence-electron chi connectivity index (χ0n) is 13.4. The highest BCUT2D eigenvalue weighted by Gasteiger charge is 2.11. The third-order valence-corrected chi connectivity index (χ3v) is 1.88. The highest BCUT2D eigenvalue weighted by molar-refractivity contribution is 4.78. The molecule has 0 unspecified atom stereocenters. The first-order valence-corrected chi connectivity index (χ1v) is 6.71. The summed E-state index contributed by atoms with van der Waals surface area (Å²) in [7, 11) is 0. The van der Waals surface area contributed by atoms with Gasteiger partial charge in [-0.05, 0) is 31.6 Å².